The maximum absolute atomic E-state index is 11.6. The fourth-order valence-corrected chi connectivity index (χ4v) is 1.38. The molecule has 1 rings (SSSR count). The molecule has 4 nitrogen and oxygen atoms in total. The molecular weight excluding hydrogens is 214 g/mol. The first-order valence-corrected chi connectivity index (χ1v) is 5.35. The molecule has 0 spiro atoms. The first-order valence-electron chi connectivity index (χ1n) is 4.97. The van der Waals surface area contributed by atoms with Gasteiger partial charge in [0.15, 0.2) is 0 Å². The third-order valence-electron chi connectivity index (χ3n) is 1.94. The molecular formula is C10H16ClN3O. The Kier molecular flexibility index (Phi) is 4.15. The molecule has 1 aromatic heterocycles. The molecule has 1 atom stereocenters. The number of rotatable bonds is 4. The van der Waals surface area contributed by atoms with Gasteiger partial charge >= 0.3 is 0 Å². The number of aromatic nitrogens is 2. The van der Waals surface area contributed by atoms with Gasteiger partial charge in [-0.3, -0.25) is 9.48 Å². The highest BCUT2D eigenvalue weighted by Crippen LogP contribution is 2.07. The first-order chi connectivity index (χ1) is 6.99. The van der Waals surface area contributed by atoms with Crippen LogP contribution in [-0.4, -0.2) is 21.7 Å². The number of nitrogens with zero attached hydrogens (tertiary/aromatic N) is 2. The molecule has 5 heteroatoms. The zero-order valence-electron chi connectivity index (χ0n) is 9.20. The maximum atomic E-state index is 11.6. The molecule has 1 N–H and O–H groups in total. The Morgan fingerprint density at radius 2 is 2.27 bits per heavy atom. The zero-order valence-corrected chi connectivity index (χ0v) is 9.95. The third-order valence-corrected chi connectivity index (χ3v) is 2.14. The van der Waals surface area contributed by atoms with Crippen molar-refractivity contribution in [3.8, 4) is 0 Å². The van der Waals surface area contributed by atoms with Crippen molar-refractivity contribution in [2.24, 2.45) is 5.92 Å². The van der Waals surface area contributed by atoms with Gasteiger partial charge in [0.05, 0.1) is 23.7 Å². The second-order valence-corrected chi connectivity index (χ2v) is 4.38. The van der Waals surface area contributed by atoms with E-state index in [2.05, 4.69) is 10.4 Å². The van der Waals surface area contributed by atoms with Gasteiger partial charge in [0.2, 0.25) is 5.91 Å². The minimum Gasteiger partial charge on any atom is -0.354 e. The highest BCUT2D eigenvalue weighted by atomic mass is 35.5. The van der Waals surface area contributed by atoms with Crippen LogP contribution in [0.2, 0.25) is 5.02 Å². The van der Waals surface area contributed by atoms with E-state index in [1.165, 1.54) is 0 Å². The van der Waals surface area contributed by atoms with E-state index in [-0.39, 0.29) is 17.9 Å². The highest BCUT2D eigenvalue weighted by molar-refractivity contribution is 6.30. The molecule has 1 amide bonds. The Morgan fingerprint density at radius 1 is 1.60 bits per heavy atom. The van der Waals surface area contributed by atoms with Crippen molar-refractivity contribution in [3.05, 3.63) is 17.4 Å². The van der Waals surface area contributed by atoms with Crippen LogP contribution in [0.3, 0.4) is 0 Å². The number of hydrogen-bond acceptors (Lipinski definition) is 2. The van der Waals surface area contributed by atoms with Gasteiger partial charge in [-0.05, 0) is 13.8 Å². The lowest BCUT2D eigenvalue weighted by Crippen LogP contribution is -2.36. The zero-order chi connectivity index (χ0) is 11.4. The molecule has 0 radical (unpaired) electrons. The summed E-state index contributed by atoms with van der Waals surface area (Å²) in [6.45, 7) is 6.30. The summed E-state index contributed by atoms with van der Waals surface area (Å²) in [5.41, 5.74) is 0. The molecule has 0 saturated carbocycles. The smallest absolute Gasteiger partial charge is 0.224 e. The molecule has 0 fully saturated rings. The molecule has 0 aliphatic rings. The van der Waals surface area contributed by atoms with Crippen molar-refractivity contribution < 1.29 is 4.79 Å². The van der Waals surface area contributed by atoms with Gasteiger partial charge in [0.1, 0.15) is 0 Å². The Hall–Kier alpha value is -1.03. The van der Waals surface area contributed by atoms with Crippen molar-refractivity contribution in [3.63, 3.8) is 0 Å². The summed E-state index contributed by atoms with van der Waals surface area (Å²) in [6.07, 6.45) is 3.27. The molecule has 84 valence electrons. The van der Waals surface area contributed by atoms with Crippen LogP contribution in [0.1, 0.15) is 20.8 Å². The molecule has 0 bridgehead atoms. The number of halogens is 1. The minimum absolute atomic E-state index is 0.0385. The van der Waals surface area contributed by atoms with E-state index >= 15 is 0 Å². The van der Waals surface area contributed by atoms with Gasteiger partial charge < -0.3 is 5.32 Å². The van der Waals surface area contributed by atoms with Crippen molar-refractivity contribution in [1.29, 1.82) is 0 Å². The van der Waals surface area contributed by atoms with Crippen LogP contribution >= 0.6 is 11.6 Å². The van der Waals surface area contributed by atoms with Crippen LogP contribution in [0.15, 0.2) is 12.4 Å². The number of amides is 1. The summed E-state index contributed by atoms with van der Waals surface area (Å²) in [4.78, 5) is 11.6. The summed E-state index contributed by atoms with van der Waals surface area (Å²) < 4.78 is 1.67. The monoisotopic (exact) mass is 229 g/mol. The highest BCUT2D eigenvalue weighted by Gasteiger charge is 2.14. The quantitative estimate of drug-likeness (QED) is 0.854. The number of carbonyl (C=O) groups is 1. The SMILES string of the molecule is CC(C)NC(=O)C(C)Cn1cc(Cl)cn1. The summed E-state index contributed by atoms with van der Waals surface area (Å²) in [5, 5.41) is 7.47. The normalized spacial score (nSPS) is 12.9. The summed E-state index contributed by atoms with van der Waals surface area (Å²) in [6, 6.07) is 0.168. The van der Waals surface area contributed by atoms with Gasteiger partial charge in [-0.2, -0.15) is 5.10 Å². The predicted molar refractivity (Wildman–Crippen MR) is 59.7 cm³/mol. The second kappa shape index (κ2) is 5.16. The van der Waals surface area contributed by atoms with Crippen molar-refractivity contribution in [1.82, 2.24) is 15.1 Å². The number of nitrogens with one attached hydrogen (secondary N) is 1. The van der Waals surface area contributed by atoms with Gasteiger partial charge in [0, 0.05) is 12.2 Å². The Labute approximate surface area is 94.6 Å². The van der Waals surface area contributed by atoms with Gasteiger partial charge in [-0.15, -0.1) is 0 Å². The average Bonchev–Trinajstić information content (AvgIpc) is 2.50. The van der Waals surface area contributed by atoms with Crippen LogP contribution in [0, 0.1) is 5.92 Å². The lowest BCUT2D eigenvalue weighted by atomic mass is 10.1. The predicted octanol–water partition coefficient (Wildman–Crippen LogP) is 1.70. The molecule has 0 aromatic carbocycles. The van der Waals surface area contributed by atoms with Gasteiger partial charge in [-0.25, -0.2) is 0 Å². The maximum Gasteiger partial charge on any atom is 0.224 e. The van der Waals surface area contributed by atoms with Crippen LogP contribution in [0.4, 0.5) is 0 Å². The van der Waals surface area contributed by atoms with Crippen LogP contribution in [0.5, 0.6) is 0 Å². The van der Waals surface area contributed by atoms with Crippen molar-refractivity contribution >= 4 is 17.5 Å². The molecule has 0 saturated heterocycles. The van der Waals surface area contributed by atoms with Gasteiger partial charge in [0.25, 0.3) is 0 Å². The number of hydrogen-bond donors (Lipinski definition) is 1. The molecule has 1 heterocycles. The molecule has 1 aromatic rings. The standard InChI is InChI=1S/C10H16ClN3O/c1-7(2)13-10(15)8(3)5-14-6-9(11)4-12-14/h4,6-8H,5H2,1-3H3,(H,13,15). The van der Waals surface area contributed by atoms with E-state index in [9.17, 15) is 4.79 Å². The van der Waals surface area contributed by atoms with Gasteiger partial charge in [-0.1, -0.05) is 18.5 Å². The molecule has 0 aliphatic heterocycles. The fraction of sp³-hybridized carbons (Fsp3) is 0.600. The Morgan fingerprint density at radius 3 is 2.73 bits per heavy atom. The lowest BCUT2D eigenvalue weighted by molar-refractivity contribution is -0.125. The topological polar surface area (TPSA) is 46.9 Å². The van der Waals surface area contributed by atoms with E-state index < -0.39 is 0 Å². The van der Waals surface area contributed by atoms with E-state index in [0.29, 0.717) is 11.6 Å². The van der Waals surface area contributed by atoms with E-state index in [0.717, 1.165) is 0 Å². The second-order valence-electron chi connectivity index (χ2n) is 3.94. The first kappa shape index (κ1) is 12.0. The van der Waals surface area contributed by atoms with E-state index in [1.54, 1.807) is 17.1 Å². The average molecular weight is 230 g/mol. The van der Waals surface area contributed by atoms with Crippen LogP contribution < -0.4 is 5.32 Å². The summed E-state index contributed by atoms with van der Waals surface area (Å²) >= 11 is 5.72. The molecule has 0 aliphatic carbocycles. The van der Waals surface area contributed by atoms with E-state index in [4.69, 9.17) is 11.6 Å². The van der Waals surface area contributed by atoms with Crippen LogP contribution in [-0.2, 0) is 11.3 Å². The van der Waals surface area contributed by atoms with E-state index in [1.807, 2.05) is 20.8 Å². The molecule has 15 heavy (non-hydrogen) atoms. The van der Waals surface area contributed by atoms with Crippen molar-refractivity contribution in [2.45, 2.75) is 33.4 Å². The number of carbonyl (C=O) groups excluding carboxylic acids is 1. The fourth-order valence-electron chi connectivity index (χ4n) is 1.23. The van der Waals surface area contributed by atoms with Crippen LogP contribution in [0.25, 0.3) is 0 Å². The molecule has 1 unspecified atom stereocenters. The Bertz CT molecular complexity index is 335. The third kappa shape index (κ3) is 3.91. The largest absolute Gasteiger partial charge is 0.354 e. The lowest BCUT2D eigenvalue weighted by Gasteiger charge is -2.14. The van der Waals surface area contributed by atoms with Crippen molar-refractivity contribution in [2.75, 3.05) is 0 Å². The summed E-state index contributed by atoms with van der Waals surface area (Å²) in [5.74, 6) is -0.0695. The minimum atomic E-state index is -0.108. The Balaban J connectivity index is 2.48. The summed E-state index contributed by atoms with van der Waals surface area (Å²) in [7, 11) is 0.